The van der Waals surface area contributed by atoms with E-state index in [0.717, 1.165) is 55.2 Å². The van der Waals surface area contributed by atoms with Crippen LogP contribution in [-0.2, 0) is 9.59 Å². The first kappa shape index (κ1) is 28.7. The van der Waals surface area contributed by atoms with Crippen LogP contribution < -0.4 is 15.4 Å². The number of piperidine rings is 2. The summed E-state index contributed by atoms with van der Waals surface area (Å²) in [5.41, 5.74) is -0.457. The van der Waals surface area contributed by atoms with Crippen molar-refractivity contribution in [3.05, 3.63) is 23.8 Å². The topological polar surface area (TPSA) is 115 Å². The van der Waals surface area contributed by atoms with Crippen molar-refractivity contribution in [1.82, 2.24) is 25.1 Å². The first-order valence-electron chi connectivity index (χ1n) is 15.2. The van der Waals surface area contributed by atoms with Crippen molar-refractivity contribution in [3.8, 4) is 5.75 Å². The summed E-state index contributed by atoms with van der Waals surface area (Å²) in [5, 5.41) is 10.4. The Morgan fingerprint density at radius 2 is 1.71 bits per heavy atom. The summed E-state index contributed by atoms with van der Waals surface area (Å²) in [7, 11) is 1.60. The van der Waals surface area contributed by atoms with Crippen LogP contribution in [0, 0.1) is 5.41 Å². The molecule has 4 aliphatic rings. The van der Waals surface area contributed by atoms with Crippen molar-refractivity contribution < 1.29 is 23.9 Å². The normalized spacial score (nSPS) is 21.5. The van der Waals surface area contributed by atoms with Crippen LogP contribution in [-0.4, -0.2) is 103 Å². The van der Waals surface area contributed by atoms with Gasteiger partial charge < -0.3 is 15.0 Å². The first-order valence-corrected chi connectivity index (χ1v) is 16.0. The second kappa shape index (κ2) is 11.7. The van der Waals surface area contributed by atoms with Crippen LogP contribution in [0.5, 0.6) is 5.75 Å². The molecule has 2 N–H and O–H groups in total. The number of nitrogens with zero attached hydrogens (tertiary/aromatic N) is 4. The van der Waals surface area contributed by atoms with Gasteiger partial charge in [0.05, 0.1) is 12.7 Å². The van der Waals surface area contributed by atoms with E-state index < -0.39 is 5.41 Å². The molecule has 1 spiro atoms. The van der Waals surface area contributed by atoms with Gasteiger partial charge in [-0.3, -0.25) is 34.6 Å². The number of urea groups is 1. The van der Waals surface area contributed by atoms with Gasteiger partial charge in [-0.05, 0) is 76.6 Å². The number of methoxy groups -OCH3 is 1. The number of carbonyl (C=O) groups excluding carboxylic acids is 4. The highest BCUT2D eigenvalue weighted by molar-refractivity contribution is 7.23. The number of fused-ring (bicyclic) bond motifs is 2. The maximum absolute atomic E-state index is 14.0. The molecule has 12 heteroatoms. The average molecular weight is 597 g/mol. The molecule has 4 aliphatic heterocycles. The molecule has 0 unspecified atom stereocenters. The number of hydrogen-bond donors (Lipinski definition) is 2. The molecule has 1 aromatic carbocycles. The van der Waals surface area contributed by atoms with Crippen LogP contribution in [0.4, 0.5) is 9.80 Å². The van der Waals surface area contributed by atoms with Crippen molar-refractivity contribution in [3.63, 3.8) is 0 Å². The molecular formula is C30H40N6O5S. The zero-order chi connectivity index (χ0) is 29.4. The number of amides is 5. The quantitative estimate of drug-likeness (QED) is 0.511. The number of benzene rings is 1. The molecule has 6 rings (SSSR count). The molecule has 0 bridgehead atoms. The summed E-state index contributed by atoms with van der Waals surface area (Å²) in [6, 6.07) is 5.45. The van der Waals surface area contributed by atoms with Crippen molar-refractivity contribution in [2.45, 2.75) is 57.9 Å². The molecule has 4 fully saturated rings. The number of thiophene rings is 1. The Balaban J connectivity index is 1.16. The molecule has 4 saturated heterocycles. The Morgan fingerprint density at radius 3 is 2.38 bits per heavy atom. The molecule has 0 saturated carbocycles. The smallest absolute Gasteiger partial charge is 0.319 e. The average Bonchev–Trinajstić information content (AvgIpc) is 3.29. The fourth-order valence-electron chi connectivity index (χ4n) is 7.10. The van der Waals surface area contributed by atoms with Gasteiger partial charge in [-0.1, -0.05) is 0 Å². The zero-order valence-corrected chi connectivity index (χ0v) is 25.3. The second-order valence-electron chi connectivity index (χ2n) is 11.7. The third-order valence-electron chi connectivity index (χ3n) is 9.28. The lowest BCUT2D eigenvalue weighted by atomic mass is 9.78. The van der Waals surface area contributed by atoms with Crippen LogP contribution in [0.25, 0.3) is 10.1 Å². The number of ether oxygens (including phenoxy) is 1. The predicted octanol–water partition coefficient (Wildman–Crippen LogP) is 3.51. The maximum Gasteiger partial charge on any atom is 0.319 e. The minimum Gasteiger partial charge on any atom is -0.497 e. The largest absolute Gasteiger partial charge is 0.497 e. The van der Waals surface area contributed by atoms with E-state index in [1.54, 1.807) is 17.1 Å². The van der Waals surface area contributed by atoms with E-state index in [4.69, 9.17) is 4.74 Å². The molecule has 5 heterocycles. The van der Waals surface area contributed by atoms with E-state index in [1.807, 2.05) is 30.0 Å². The Labute approximate surface area is 250 Å². The Hall–Kier alpha value is -3.38. The van der Waals surface area contributed by atoms with Crippen molar-refractivity contribution >= 4 is 50.2 Å². The van der Waals surface area contributed by atoms with Crippen molar-refractivity contribution in [2.75, 3.05) is 58.2 Å². The molecule has 0 aliphatic carbocycles. The monoisotopic (exact) mass is 596 g/mol. The van der Waals surface area contributed by atoms with Crippen LogP contribution in [0.1, 0.15) is 62.2 Å². The fourth-order valence-corrected chi connectivity index (χ4v) is 8.22. The van der Waals surface area contributed by atoms with E-state index in [0.29, 0.717) is 62.0 Å². The third kappa shape index (κ3) is 4.98. The number of carbonyl (C=O) groups is 4. The predicted molar refractivity (Wildman–Crippen MR) is 161 cm³/mol. The zero-order valence-electron chi connectivity index (χ0n) is 24.4. The minimum atomic E-state index is -0.959. The fraction of sp³-hybridized carbons (Fsp3) is 0.600. The Bertz CT molecular complexity index is 1360. The molecule has 1 aromatic heterocycles. The number of anilines is 1. The van der Waals surface area contributed by atoms with E-state index in [9.17, 15) is 19.2 Å². The summed E-state index contributed by atoms with van der Waals surface area (Å²) >= 11 is 1.36. The van der Waals surface area contributed by atoms with Gasteiger partial charge in [0, 0.05) is 55.4 Å². The van der Waals surface area contributed by atoms with Gasteiger partial charge in [0.1, 0.15) is 16.2 Å². The van der Waals surface area contributed by atoms with Gasteiger partial charge in [0.2, 0.25) is 0 Å². The van der Waals surface area contributed by atoms with Crippen LogP contribution in [0.15, 0.2) is 18.2 Å². The highest BCUT2D eigenvalue weighted by Crippen LogP contribution is 2.43. The highest BCUT2D eigenvalue weighted by atomic mass is 32.1. The van der Waals surface area contributed by atoms with E-state index >= 15 is 0 Å². The third-order valence-corrected chi connectivity index (χ3v) is 10.4. The van der Waals surface area contributed by atoms with E-state index in [1.165, 1.54) is 11.3 Å². The maximum atomic E-state index is 14.0. The van der Waals surface area contributed by atoms with Crippen LogP contribution in [0.3, 0.4) is 0 Å². The molecule has 0 radical (unpaired) electrons. The molecule has 42 heavy (non-hydrogen) atoms. The minimum absolute atomic E-state index is 0.0141. The van der Waals surface area contributed by atoms with E-state index in [2.05, 4.69) is 15.5 Å². The van der Waals surface area contributed by atoms with Gasteiger partial charge in [-0.2, -0.15) is 0 Å². The number of likely N-dealkylation sites (tertiary alicyclic amines) is 2. The standard InChI is InChI=1S/C30H40N6O5S/c1-3-31-29(40)32-25-24(22-9-8-21(41-2)18-23(22)42-25)26(37)33-16-10-20(11-17-33)34-13-7-12-30(19-34)27(38)35-14-5-4-6-15-36(35)28(30)39/h8-9,18,20H,3-7,10-17,19H2,1-2H3,(H2,31,32,40). The van der Waals surface area contributed by atoms with Gasteiger partial charge in [0.25, 0.3) is 17.7 Å². The summed E-state index contributed by atoms with van der Waals surface area (Å²) in [5.74, 6) is 0.559. The van der Waals surface area contributed by atoms with Gasteiger partial charge in [-0.15, -0.1) is 11.3 Å². The molecule has 2 aromatic rings. The molecule has 226 valence electrons. The summed E-state index contributed by atoms with van der Waals surface area (Å²) in [4.78, 5) is 57.8. The highest BCUT2D eigenvalue weighted by Gasteiger charge is 2.60. The van der Waals surface area contributed by atoms with Crippen molar-refractivity contribution in [1.29, 1.82) is 0 Å². The molecule has 11 nitrogen and oxygen atoms in total. The molecule has 5 amide bonds. The van der Waals surface area contributed by atoms with E-state index in [-0.39, 0.29) is 29.8 Å². The molecular weight excluding hydrogens is 556 g/mol. The number of nitrogens with one attached hydrogen (secondary N) is 2. The summed E-state index contributed by atoms with van der Waals surface area (Å²) in [6.07, 6.45) is 5.90. The lowest BCUT2D eigenvalue weighted by Crippen LogP contribution is -2.56. The second-order valence-corrected chi connectivity index (χ2v) is 12.8. The van der Waals surface area contributed by atoms with Gasteiger partial charge in [-0.25, -0.2) is 4.79 Å². The first-order chi connectivity index (χ1) is 20.4. The summed E-state index contributed by atoms with van der Waals surface area (Å²) < 4.78 is 6.25. The van der Waals surface area contributed by atoms with Gasteiger partial charge >= 0.3 is 6.03 Å². The Morgan fingerprint density at radius 1 is 1.00 bits per heavy atom. The van der Waals surface area contributed by atoms with Gasteiger partial charge in [0.15, 0.2) is 0 Å². The number of rotatable bonds is 5. The van der Waals surface area contributed by atoms with Crippen LogP contribution in [0.2, 0.25) is 0 Å². The van der Waals surface area contributed by atoms with Crippen LogP contribution >= 0.6 is 11.3 Å². The number of hydrogen-bond acceptors (Lipinski definition) is 7. The SMILES string of the molecule is CCNC(=O)Nc1sc2cc(OC)ccc2c1C(=O)N1CCC(N2CCCC3(C2)C(=O)N2CCCCCN2C3=O)CC1. The lowest BCUT2D eigenvalue weighted by molar-refractivity contribution is -0.145. The molecule has 0 atom stereocenters. The number of hydrazine groups is 1. The van der Waals surface area contributed by atoms with Crippen molar-refractivity contribution in [2.24, 2.45) is 5.41 Å². The lowest BCUT2D eigenvalue weighted by Gasteiger charge is -2.44. The Kier molecular flexibility index (Phi) is 8.01. The summed E-state index contributed by atoms with van der Waals surface area (Å²) in [6.45, 7) is 6.06.